The molecule has 4 heteroatoms. The van der Waals surface area contributed by atoms with Crippen LogP contribution in [0.15, 0.2) is 34.7 Å². The van der Waals surface area contributed by atoms with Gasteiger partial charge in [0.2, 0.25) is 0 Å². The van der Waals surface area contributed by atoms with Crippen LogP contribution in [0.4, 0.5) is 0 Å². The van der Waals surface area contributed by atoms with Crippen LogP contribution < -0.4 is 5.32 Å². The monoisotopic (exact) mass is 269 g/mol. The van der Waals surface area contributed by atoms with Crippen molar-refractivity contribution in [3.8, 4) is 11.3 Å². The minimum absolute atomic E-state index is 0.168. The van der Waals surface area contributed by atoms with E-state index in [0.29, 0.717) is 10.0 Å². The van der Waals surface area contributed by atoms with Crippen molar-refractivity contribution in [1.82, 2.24) is 5.32 Å². The largest absolute Gasteiger partial charge is 0.459 e. The molecule has 0 spiro atoms. The van der Waals surface area contributed by atoms with Gasteiger partial charge in [0.1, 0.15) is 11.5 Å². The predicted octanol–water partition coefficient (Wildman–Crippen LogP) is 4.53. The second-order valence-electron chi connectivity index (χ2n) is 3.84. The molecule has 0 aliphatic rings. The number of hydrogen-bond donors (Lipinski definition) is 1. The average molecular weight is 270 g/mol. The van der Waals surface area contributed by atoms with Crippen molar-refractivity contribution in [1.29, 1.82) is 0 Å². The van der Waals surface area contributed by atoms with Crippen molar-refractivity contribution < 1.29 is 4.42 Å². The predicted molar refractivity (Wildman–Crippen MR) is 71.6 cm³/mol. The first-order valence-electron chi connectivity index (χ1n) is 5.34. The highest BCUT2D eigenvalue weighted by molar-refractivity contribution is 6.35. The Labute approximate surface area is 111 Å². The molecule has 0 saturated carbocycles. The molecule has 0 aliphatic carbocycles. The van der Waals surface area contributed by atoms with Crippen molar-refractivity contribution >= 4 is 23.2 Å². The van der Waals surface area contributed by atoms with Crippen LogP contribution in [-0.4, -0.2) is 7.05 Å². The molecule has 2 aromatic rings. The smallest absolute Gasteiger partial charge is 0.135 e. The van der Waals surface area contributed by atoms with E-state index >= 15 is 0 Å². The maximum atomic E-state index is 6.12. The SMILES string of the molecule is CNC(C)c1ccc(-c2cc(Cl)ccc2Cl)o1. The van der Waals surface area contributed by atoms with E-state index in [-0.39, 0.29) is 6.04 Å². The van der Waals surface area contributed by atoms with Crippen molar-refractivity contribution in [3.63, 3.8) is 0 Å². The summed E-state index contributed by atoms with van der Waals surface area (Å²) in [6.45, 7) is 2.03. The fraction of sp³-hybridized carbons (Fsp3) is 0.231. The zero-order valence-corrected chi connectivity index (χ0v) is 11.1. The fourth-order valence-electron chi connectivity index (χ4n) is 1.56. The molecule has 0 aliphatic heterocycles. The third-order valence-electron chi connectivity index (χ3n) is 2.68. The van der Waals surface area contributed by atoms with E-state index in [2.05, 4.69) is 5.32 Å². The minimum atomic E-state index is 0.168. The van der Waals surface area contributed by atoms with Gasteiger partial charge < -0.3 is 9.73 Å². The second-order valence-corrected chi connectivity index (χ2v) is 4.68. The molecule has 0 saturated heterocycles. The number of hydrogen-bond acceptors (Lipinski definition) is 2. The lowest BCUT2D eigenvalue weighted by Gasteiger charge is -2.06. The Bertz CT molecular complexity index is 522. The molecule has 17 heavy (non-hydrogen) atoms. The van der Waals surface area contributed by atoms with Gasteiger partial charge in [-0.2, -0.15) is 0 Å². The molecular formula is C13H13Cl2NO. The van der Waals surface area contributed by atoms with Crippen LogP contribution in [-0.2, 0) is 0 Å². The first-order valence-corrected chi connectivity index (χ1v) is 6.10. The second kappa shape index (κ2) is 5.13. The van der Waals surface area contributed by atoms with Gasteiger partial charge in [0.15, 0.2) is 0 Å². The summed E-state index contributed by atoms with van der Waals surface area (Å²) in [4.78, 5) is 0. The van der Waals surface area contributed by atoms with Crippen LogP contribution in [0.1, 0.15) is 18.7 Å². The summed E-state index contributed by atoms with van der Waals surface area (Å²) in [5.41, 5.74) is 0.814. The van der Waals surface area contributed by atoms with Gasteiger partial charge in [-0.05, 0) is 44.3 Å². The van der Waals surface area contributed by atoms with Crippen molar-refractivity contribution in [2.24, 2.45) is 0 Å². The van der Waals surface area contributed by atoms with Crippen LogP contribution in [0.25, 0.3) is 11.3 Å². The number of benzene rings is 1. The van der Waals surface area contributed by atoms with E-state index in [4.69, 9.17) is 27.6 Å². The number of rotatable bonds is 3. The minimum Gasteiger partial charge on any atom is -0.459 e. The van der Waals surface area contributed by atoms with Gasteiger partial charge in [-0.1, -0.05) is 23.2 Å². The van der Waals surface area contributed by atoms with Gasteiger partial charge in [-0.15, -0.1) is 0 Å². The highest BCUT2D eigenvalue weighted by Crippen LogP contribution is 2.32. The molecule has 1 heterocycles. The number of nitrogens with one attached hydrogen (secondary N) is 1. The summed E-state index contributed by atoms with van der Waals surface area (Å²) < 4.78 is 5.75. The van der Waals surface area contributed by atoms with Crippen LogP contribution in [0.5, 0.6) is 0 Å². The molecule has 1 aromatic carbocycles. The first-order chi connectivity index (χ1) is 8.11. The molecule has 0 amide bonds. The molecule has 1 N–H and O–H groups in total. The zero-order chi connectivity index (χ0) is 12.4. The van der Waals surface area contributed by atoms with Gasteiger partial charge >= 0.3 is 0 Å². The molecule has 1 aromatic heterocycles. The van der Waals surface area contributed by atoms with Gasteiger partial charge in [0, 0.05) is 10.6 Å². The van der Waals surface area contributed by atoms with Gasteiger partial charge in [0.25, 0.3) is 0 Å². The standard InChI is InChI=1S/C13H13Cl2NO/c1-8(16-2)12-5-6-13(17-12)10-7-9(14)3-4-11(10)15/h3-8,16H,1-2H3. The molecular weight excluding hydrogens is 257 g/mol. The van der Waals surface area contributed by atoms with E-state index in [1.807, 2.05) is 26.1 Å². The summed E-state index contributed by atoms with van der Waals surface area (Å²) in [6.07, 6.45) is 0. The molecule has 90 valence electrons. The molecule has 1 atom stereocenters. The van der Waals surface area contributed by atoms with Crippen molar-refractivity contribution in [2.75, 3.05) is 7.05 Å². The maximum Gasteiger partial charge on any atom is 0.135 e. The maximum absolute atomic E-state index is 6.12. The lowest BCUT2D eigenvalue weighted by atomic mass is 10.2. The van der Waals surface area contributed by atoms with Crippen molar-refractivity contribution in [3.05, 3.63) is 46.1 Å². The normalized spacial score (nSPS) is 12.7. The van der Waals surface area contributed by atoms with E-state index in [0.717, 1.165) is 17.1 Å². The lowest BCUT2D eigenvalue weighted by Crippen LogP contribution is -2.10. The fourth-order valence-corrected chi connectivity index (χ4v) is 1.94. The summed E-state index contributed by atoms with van der Waals surface area (Å²) in [7, 11) is 1.89. The van der Waals surface area contributed by atoms with E-state index in [1.54, 1.807) is 18.2 Å². The molecule has 2 rings (SSSR count). The Balaban J connectivity index is 2.40. The lowest BCUT2D eigenvalue weighted by molar-refractivity contribution is 0.458. The summed E-state index contributed by atoms with van der Waals surface area (Å²) in [5, 5.41) is 4.39. The molecule has 1 unspecified atom stereocenters. The third kappa shape index (κ3) is 2.65. The summed E-state index contributed by atoms with van der Waals surface area (Å²) >= 11 is 12.1. The van der Waals surface area contributed by atoms with E-state index < -0.39 is 0 Å². The van der Waals surface area contributed by atoms with Gasteiger partial charge in [0.05, 0.1) is 11.1 Å². The quantitative estimate of drug-likeness (QED) is 0.886. The Hall–Kier alpha value is -0.960. The Morgan fingerprint density at radius 2 is 1.94 bits per heavy atom. The van der Waals surface area contributed by atoms with Gasteiger partial charge in [-0.25, -0.2) is 0 Å². The highest BCUT2D eigenvalue weighted by Gasteiger charge is 2.12. The molecule has 0 fully saturated rings. The topological polar surface area (TPSA) is 25.2 Å². The Kier molecular flexibility index (Phi) is 3.77. The van der Waals surface area contributed by atoms with Crippen LogP contribution in [0.2, 0.25) is 10.0 Å². The molecule has 2 nitrogen and oxygen atoms in total. The number of halogens is 2. The first kappa shape index (κ1) is 12.5. The number of furan rings is 1. The molecule has 0 radical (unpaired) electrons. The average Bonchev–Trinajstić information content (AvgIpc) is 2.80. The third-order valence-corrected chi connectivity index (χ3v) is 3.25. The Morgan fingerprint density at radius 3 is 2.65 bits per heavy atom. The highest BCUT2D eigenvalue weighted by atomic mass is 35.5. The van der Waals surface area contributed by atoms with Crippen molar-refractivity contribution in [2.45, 2.75) is 13.0 Å². The van der Waals surface area contributed by atoms with Crippen LogP contribution >= 0.6 is 23.2 Å². The van der Waals surface area contributed by atoms with E-state index in [9.17, 15) is 0 Å². The summed E-state index contributed by atoms with van der Waals surface area (Å²) in [6, 6.07) is 9.34. The zero-order valence-electron chi connectivity index (χ0n) is 9.63. The Morgan fingerprint density at radius 1 is 1.18 bits per heavy atom. The van der Waals surface area contributed by atoms with Crippen LogP contribution in [0, 0.1) is 0 Å². The van der Waals surface area contributed by atoms with E-state index in [1.165, 1.54) is 0 Å². The molecule has 0 bridgehead atoms. The summed E-state index contributed by atoms with van der Waals surface area (Å²) in [5.74, 6) is 1.60. The van der Waals surface area contributed by atoms with Gasteiger partial charge in [-0.3, -0.25) is 0 Å². The van der Waals surface area contributed by atoms with Crippen LogP contribution in [0.3, 0.4) is 0 Å².